The van der Waals surface area contributed by atoms with E-state index in [0.717, 1.165) is 35.4 Å². The molecule has 5 rings (SSSR count). The summed E-state index contributed by atoms with van der Waals surface area (Å²) in [6.07, 6.45) is 8.50. The van der Waals surface area contributed by atoms with Gasteiger partial charge in [0, 0.05) is 41.1 Å². The van der Waals surface area contributed by atoms with Crippen LogP contribution >= 0.6 is 11.6 Å². The van der Waals surface area contributed by atoms with Crippen molar-refractivity contribution in [3.8, 4) is 11.5 Å². The van der Waals surface area contributed by atoms with E-state index in [-0.39, 0.29) is 12.5 Å². The Labute approximate surface area is 184 Å². The van der Waals surface area contributed by atoms with Crippen LogP contribution in [0.4, 0.5) is 0 Å². The number of pyridine rings is 2. The third-order valence-corrected chi connectivity index (χ3v) is 5.55. The Morgan fingerprint density at radius 3 is 2.74 bits per heavy atom. The Bertz CT molecular complexity index is 1170. The molecule has 7 nitrogen and oxygen atoms in total. The maximum Gasteiger partial charge on any atom is 0.290 e. The van der Waals surface area contributed by atoms with E-state index < -0.39 is 0 Å². The zero-order valence-corrected chi connectivity index (χ0v) is 17.4. The molecular formula is C23H21ClN4O3. The highest BCUT2D eigenvalue weighted by molar-refractivity contribution is 6.31. The summed E-state index contributed by atoms with van der Waals surface area (Å²) in [5, 5.41) is 8.62. The van der Waals surface area contributed by atoms with E-state index in [1.54, 1.807) is 0 Å². The molecule has 3 aromatic heterocycles. The van der Waals surface area contributed by atoms with Gasteiger partial charge in [-0.3, -0.25) is 9.78 Å². The maximum atomic E-state index is 8.36. The molecule has 31 heavy (non-hydrogen) atoms. The molecule has 1 aromatic carbocycles. The molecule has 0 saturated carbocycles. The predicted octanol–water partition coefficient (Wildman–Crippen LogP) is 4.28. The molecule has 1 fully saturated rings. The van der Waals surface area contributed by atoms with Crippen LogP contribution in [0, 0.1) is 5.92 Å². The van der Waals surface area contributed by atoms with Gasteiger partial charge in [-0.05, 0) is 48.4 Å². The third kappa shape index (κ3) is 4.73. The summed E-state index contributed by atoms with van der Waals surface area (Å²) >= 11 is 6.09. The van der Waals surface area contributed by atoms with Crippen molar-refractivity contribution < 1.29 is 14.6 Å². The molecule has 2 atom stereocenters. The van der Waals surface area contributed by atoms with Crippen molar-refractivity contribution >= 4 is 29.0 Å². The van der Waals surface area contributed by atoms with Gasteiger partial charge < -0.3 is 14.4 Å². The Morgan fingerprint density at radius 2 is 1.94 bits per heavy atom. The highest BCUT2D eigenvalue weighted by atomic mass is 35.5. The topological polar surface area (TPSA) is 90.1 Å². The van der Waals surface area contributed by atoms with E-state index in [9.17, 15) is 0 Å². The molecule has 0 aliphatic carbocycles. The number of halogens is 1. The lowest BCUT2D eigenvalue weighted by molar-refractivity contribution is -0.122. The summed E-state index contributed by atoms with van der Waals surface area (Å²) in [5.41, 5.74) is 3.04. The van der Waals surface area contributed by atoms with Crippen LogP contribution in [-0.2, 0) is 16.0 Å². The van der Waals surface area contributed by atoms with Crippen molar-refractivity contribution in [3.05, 3.63) is 77.8 Å². The second-order valence-corrected chi connectivity index (χ2v) is 7.66. The maximum absolute atomic E-state index is 8.36. The lowest BCUT2D eigenvalue weighted by Gasteiger charge is -2.21. The van der Waals surface area contributed by atoms with Gasteiger partial charge in [0.25, 0.3) is 6.47 Å². The van der Waals surface area contributed by atoms with E-state index in [4.69, 9.17) is 31.2 Å². The average Bonchev–Trinajstić information content (AvgIpc) is 3.44. The highest BCUT2D eigenvalue weighted by Crippen LogP contribution is 2.32. The molecule has 1 aliphatic heterocycles. The molecule has 1 aliphatic rings. The average molecular weight is 437 g/mol. The largest absolute Gasteiger partial charge is 0.483 e. The number of benzene rings is 1. The van der Waals surface area contributed by atoms with Gasteiger partial charge >= 0.3 is 0 Å². The van der Waals surface area contributed by atoms with Crippen LogP contribution in [0.5, 0.6) is 0 Å². The molecular weight excluding hydrogens is 416 g/mol. The van der Waals surface area contributed by atoms with Gasteiger partial charge in [-0.25, -0.2) is 9.97 Å². The number of hydrogen-bond acceptors (Lipinski definition) is 5. The predicted molar refractivity (Wildman–Crippen MR) is 118 cm³/mol. The van der Waals surface area contributed by atoms with Crippen LogP contribution in [-0.4, -0.2) is 44.3 Å². The number of rotatable bonds is 4. The van der Waals surface area contributed by atoms with Gasteiger partial charge in [0.2, 0.25) is 0 Å². The Morgan fingerprint density at radius 1 is 1.13 bits per heavy atom. The van der Waals surface area contributed by atoms with E-state index in [1.165, 1.54) is 5.56 Å². The molecule has 1 saturated heterocycles. The van der Waals surface area contributed by atoms with Crippen LogP contribution in [0.25, 0.3) is 22.4 Å². The summed E-state index contributed by atoms with van der Waals surface area (Å²) in [5.74, 6) is 1.25. The Balaban J connectivity index is 0.000000730. The monoisotopic (exact) mass is 436 g/mol. The van der Waals surface area contributed by atoms with Gasteiger partial charge in [-0.15, -0.1) is 0 Å². The first kappa shape index (κ1) is 21.0. The van der Waals surface area contributed by atoms with Crippen LogP contribution in [0.2, 0.25) is 5.02 Å². The van der Waals surface area contributed by atoms with Crippen molar-refractivity contribution in [1.82, 2.24) is 19.5 Å². The minimum Gasteiger partial charge on any atom is -0.483 e. The Kier molecular flexibility index (Phi) is 6.54. The van der Waals surface area contributed by atoms with Crippen LogP contribution in [0.15, 0.2) is 67.3 Å². The summed E-state index contributed by atoms with van der Waals surface area (Å²) in [6, 6.07) is 14.2. The lowest BCUT2D eigenvalue weighted by Crippen LogP contribution is -2.20. The number of ether oxygens (including phenoxy) is 1. The number of fused-ring (bicyclic) bond motifs is 1. The summed E-state index contributed by atoms with van der Waals surface area (Å²) in [7, 11) is 0. The molecule has 8 heteroatoms. The summed E-state index contributed by atoms with van der Waals surface area (Å²) in [6.45, 7) is 1.18. The van der Waals surface area contributed by atoms with E-state index >= 15 is 0 Å². The van der Waals surface area contributed by atoms with Gasteiger partial charge in [-0.1, -0.05) is 17.7 Å². The highest BCUT2D eigenvalue weighted by Gasteiger charge is 2.31. The van der Waals surface area contributed by atoms with E-state index in [2.05, 4.69) is 26.7 Å². The zero-order chi connectivity index (χ0) is 21.6. The molecule has 0 unspecified atom stereocenters. The number of imidazole rings is 1. The lowest BCUT2D eigenvalue weighted by atomic mass is 9.95. The summed E-state index contributed by atoms with van der Waals surface area (Å²) in [4.78, 5) is 21.9. The number of aromatic nitrogens is 4. The van der Waals surface area contributed by atoms with E-state index in [1.807, 2.05) is 55.1 Å². The van der Waals surface area contributed by atoms with Crippen molar-refractivity contribution in [2.75, 3.05) is 13.2 Å². The van der Waals surface area contributed by atoms with Crippen LogP contribution in [0.3, 0.4) is 0 Å². The molecule has 4 heterocycles. The number of carboxylic acid groups (broad SMARTS) is 1. The van der Waals surface area contributed by atoms with Crippen molar-refractivity contribution in [1.29, 1.82) is 0 Å². The second kappa shape index (κ2) is 9.68. The standard InChI is InChI=1S/C22H19ClN4O.CH2O2/c23-18-2-4-19-16(12-18)1-3-20(26-19)22-25-9-10-27(22)21-14-28-13-17(21)11-15-5-7-24-8-6-15;2-1-3/h1-10,12,17,21H,11,13-14H2;1H,(H,2,3)/t17-,21-;/m1./s1. The number of nitrogens with zero attached hydrogens (tertiary/aromatic N) is 4. The number of hydrogen-bond donors (Lipinski definition) is 1. The van der Waals surface area contributed by atoms with Gasteiger partial charge in [0.05, 0.1) is 24.8 Å². The smallest absolute Gasteiger partial charge is 0.290 e. The zero-order valence-electron chi connectivity index (χ0n) is 16.6. The van der Waals surface area contributed by atoms with Gasteiger partial charge in [0.15, 0.2) is 5.82 Å². The third-order valence-electron chi connectivity index (χ3n) is 5.32. The van der Waals surface area contributed by atoms with Gasteiger partial charge in [-0.2, -0.15) is 0 Å². The van der Waals surface area contributed by atoms with Crippen LogP contribution in [0.1, 0.15) is 11.6 Å². The molecule has 158 valence electrons. The SMILES string of the molecule is Clc1ccc2nc(-c3nccn3[C@@H]3COC[C@H]3Cc3ccncc3)ccc2c1.O=CO. The van der Waals surface area contributed by atoms with Crippen LogP contribution < -0.4 is 0 Å². The molecule has 0 amide bonds. The minimum atomic E-state index is -0.250. The first-order valence-corrected chi connectivity index (χ1v) is 10.2. The molecule has 4 aromatic rings. The fourth-order valence-corrected chi connectivity index (χ4v) is 4.09. The second-order valence-electron chi connectivity index (χ2n) is 7.22. The Hall–Kier alpha value is -3.29. The molecule has 0 radical (unpaired) electrons. The van der Waals surface area contributed by atoms with Gasteiger partial charge in [0.1, 0.15) is 5.69 Å². The van der Waals surface area contributed by atoms with Crippen molar-refractivity contribution in [2.45, 2.75) is 12.5 Å². The fourth-order valence-electron chi connectivity index (χ4n) is 3.91. The molecule has 0 bridgehead atoms. The van der Waals surface area contributed by atoms with Crippen molar-refractivity contribution in [2.24, 2.45) is 5.92 Å². The first-order valence-electron chi connectivity index (χ1n) is 9.83. The minimum absolute atomic E-state index is 0.230. The fraction of sp³-hybridized carbons (Fsp3) is 0.217. The van der Waals surface area contributed by atoms with E-state index in [0.29, 0.717) is 17.5 Å². The first-order chi connectivity index (χ1) is 15.2. The summed E-state index contributed by atoms with van der Waals surface area (Å²) < 4.78 is 8.05. The van der Waals surface area contributed by atoms with Crippen molar-refractivity contribution in [3.63, 3.8) is 0 Å². The normalized spacial score (nSPS) is 17.8. The quantitative estimate of drug-likeness (QED) is 0.480. The number of carbonyl (C=O) groups is 1. The molecule has 1 N–H and O–H groups in total. The molecule has 0 spiro atoms.